The van der Waals surface area contributed by atoms with E-state index in [4.69, 9.17) is 23.2 Å². The van der Waals surface area contributed by atoms with E-state index in [-0.39, 0.29) is 11.3 Å². The number of hydrogen-bond acceptors (Lipinski definition) is 2. The number of carbonyl (C=O) groups excluding carboxylic acids is 1. The molecule has 2 atom stereocenters. The van der Waals surface area contributed by atoms with Crippen molar-refractivity contribution in [3.63, 3.8) is 0 Å². The van der Waals surface area contributed by atoms with Crippen LogP contribution >= 0.6 is 34.5 Å². The molecule has 1 aromatic heterocycles. The zero-order chi connectivity index (χ0) is 12.3. The quantitative estimate of drug-likeness (QED) is 0.840. The molecule has 0 aliphatic heterocycles. The van der Waals surface area contributed by atoms with Crippen LogP contribution in [0.25, 0.3) is 0 Å². The normalized spacial score (nSPS) is 24.6. The summed E-state index contributed by atoms with van der Waals surface area (Å²) in [5.41, 5.74) is 0. The summed E-state index contributed by atoms with van der Waals surface area (Å²) in [6.07, 6.45) is 4.60. The van der Waals surface area contributed by atoms with Crippen LogP contribution in [-0.4, -0.2) is 17.8 Å². The van der Waals surface area contributed by atoms with Gasteiger partial charge in [0.15, 0.2) is 0 Å². The van der Waals surface area contributed by atoms with Gasteiger partial charge in [0.2, 0.25) is 0 Å². The van der Waals surface area contributed by atoms with E-state index in [0.717, 1.165) is 12.8 Å². The number of nitrogens with one attached hydrogen (secondary N) is 1. The van der Waals surface area contributed by atoms with Gasteiger partial charge in [-0.2, -0.15) is 0 Å². The molecule has 2 nitrogen and oxygen atoms in total. The van der Waals surface area contributed by atoms with Gasteiger partial charge in [0.25, 0.3) is 5.91 Å². The molecule has 94 valence electrons. The molecule has 17 heavy (non-hydrogen) atoms. The fourth-order valence-corrected chi connectivity index (χ4v) is 3.47. The topological polar surface area (TPSA) is 29.1 Å². The minimum absolute atomic E-state index is 0.0451. The van der Waals surface area contributed by atoms with Gasteiger partial charge in [0.1, 0.15) is 0 Å². The third kappa shape index (κ3) is 3.60. The SMILES string of the molecule is O=C(NCC1CCCCC1Cl)c1ccc(Cl)s1. The summed E-state index contributed by atoms with van der Waals surface area (Å²) >= 11 is 13.3. The van der Waals surface area contributed by atoms with Crippen molar-refractivity contribution in [2.45, 2.75) is 31.1 Å². The van der Waals surface area contributed by atoms with Crippen LogP contribution in [0.5, 0.6) is 0 Å². The molecule has 0 bridgehead atoms. The smallest absolute Gasteiger partial charge is 0.261 e. The summed E-state index contributed by atoms with van der Waals surface area (Å²) in [4.78, 5) is 12.5. The summed E-state index contributed by atoms with van der Waals surface area (Å²) in [5.74, 6) is 0.362. The molecule has 1 fully saturated rings. The Hall–Kier alpha value is -0.250. The van der Waals surface area contributed by atoms with Crippen LogP contribution in [-0.2, 0) is 0 Å². The van der Waals surface area contributed by atoms with E-state index in [9.17, 15) is 4.79 Å². The molecule has 2 unspecified atom stereocenters. The fourth-order valence-electron chi connectivity index (χ4n) is 2.14. The lowest BCUT2D eigenvalue weighted by atomic mass is 9.89. The highest BCUT2D eigenvalue weighted by Gasteiger charge is 2.23. The molecule has 5 heteroatoms. The minimum atomic E-state index is -0.0451. The van der Waals surface area contributed by atoms with Crippen molar-refractivity contribution in [1.82, 2.24) is 5.32 Å². The fraction of sp³-hybridized carbons (Fsp3) is 0.583. The van der Waals surface area contributed by atoms with Crippen molar-refractivity contribution in [1.29, 1.82) is 0 Å². The van der Waals surface area contributed by atoms with E-state index >= 15 is 0 Å². The number of thiophene rings is 1. The molecule has 0 aromatic carbocycles. The second-order valence-corrected chi connectivity index (χ2v) is 6.65. The van der Waals surface area contributed by atoms with Crippen molar-refractivity contribution in [3.8, 4) is 0 Å². The van der Waals surface area contributed by atoms with Gasteiger partial charge in [-0.05, 0) is 30.9 Å². The number of amides is 1. The highest BCUT2D eigenvalue weighted by molar-refractivity contribution is 7.17. The van der Waals surface area contributed by atoms with Crippen molar-refractivity contribution in [2.24, 2.45) is 5.92 Å². The number of alkyl halides is 1. The van der Waals surface area contributed by atoms with Crippen LogP contribution in [0.1, 0.15) is 35.4 Å². The number of rotatable bonds is 3. The second-order valence-electron chi connectivity index (χ2n) is 4.37. The summed E-state index contributed by atoms with van der Waals surface area (Å²) in [6.45, 7) is 0.669. The molecule has 1 aliphatic rings. The average Bonchev–Trinajstić information content (AvgIpc) is 2.74. The minimum Gasteiger partial charge on any atom is -0.351 e. The molecule has 1 aromatic rings. The molecule has 1 amide bonds. The summed E-state index contributed by atoms with van der Waals surface area (Å²) in [6, 6.07) is 3.49. The Balaban J connectivity index is 1.83. The standard InChI is InChI=1S/C12H15Cl2NOS/c13-9-4-2-1-3-8(9)7-15-12(16)10-5-6-11(14)17-10/h5-6,8-9H,1-4,7H2,(H,15,16). The highest BCUT2D eigenvalue weighted by Crippen LogP contribution is 2.28. The van der Waals surface area contributed by atoms with Gasteiger partial charge in [0.05, 0.1) is 9.21 Å². The van der Waals surface area contributed by atoms with Crippen LogP contribution in [0, 0.1) is 5.92 Å². The average molecular weight is 292 g/mol. The Morgan fingerprint density at radius 2 is 2.18 bits per heavy atom. The highest BCUT2D eigenvalue weighted by atomic mass is 35.5. The molecule has 1 N–H and O–H groups in total. The third-order valence-electron chi connectivity index (χ3n) is 3.14. The van der Waals surface area contributed by atoms with Crippen molar-refractivity contribution < 1.29 is 4.79 Å². The van der Waals surface area contributed by atoms with Crippen LogP contribution in [0.4, 0.5) is 0 Å². The second kappa shape index (κ2) is 6.07. The Labute approximate surface area is 115 Å². The summed E-state index contributed by atoms with van der Waals surface area (Å²) < 4.78 is 0.642. The zero-order valence-electron chi connectivity index (χ0n) is 9.42. The monoisotopic (exact) mass is 291 g/mol. The van der Waals surface area contributed by atoms with Crippen LogP contribution in [0.15, 0.2) is 12.1 Å². The Kier molecular flexibility index (Phi) is 4.71. The lowest BCUT2D eigenvalue weighted by Gasteiger charge is -2.26. The van der Waals surface area contributed by atoms with Gasteiger partial charge in [-0.1, -0.05) is 24.4 Å². The van der Waals surface area contributed by atoms with E-state index < -0.39 is 0 Å². The van der Waals surface area contributed by atoms with Crippen LogP contribution in [0.3, 0.4) is 0 Å². The first-order chi connectivity index (χ1) is 8.16. The van der Waals surface area contributed by atoms with Gasteiger partial charge in [-0.15, -0.1) is 22.9 Å². The molecular weight excluding hydrogens is 277 g/mol. The third-order valence-corrected chi connectivity index (χ3v) is 4.94. The van der Waals surface area contributed by atoms with E-state index in [1.54, 1.807) is 12.1 Å². The van der Waals surface area contributed by atoms with E-state index in [2.05, 4.69) is 5.32 Å². The molecule has 2 rings (SSSR count). The summed E-state index contributed by atoms with van der Waals surface area (Å²) in [7, 11) is 0. The Morgan fingerprint density at radius 1 is 1.41 bits per heavy atom. The Bertz CT molecular complexity index is 394. The lowest BCUT2D eigenvalue weighted by Crippen LogP contribution is -2.34. The maximum absolute atomic E-state index is 11.8. The number of halogens is 2. The van der Waals surface area contributed by atoms with Gasteiger partial charge in [0, 0.05) is 11.9 Å². The van der Waals surface area contributed by atoms with Crippen LogP contribution in [0.2, 0.25) is 4.34 Å². The van der Waals surface area contributed by atoms with Gasteiger partial charge < -0.3 is 5.32 Å². The van der Waals surface area contributed by atoms with Crippen molar-refractivity contribution in [2.75, 3.05) is 6.54 Å². The Morgan fingerprint density at radius 3 is 2.82 bits per heavy atom. The maximum Gasteiger partial charge on any atom is 0.261 e. The molecule has 1 heterocycles. The first-order valence-electron chi connectivity index (χ1n) is 5.84. The maximum atomic E-state index is 11.8. The zero-order valence-corrected chi connectivity index (χ0v) is 11.7. The predicted molar refractivity (Wildman–Crippen MR) is 73.3 cm³/mol. The number of hydrogen-bond donors (Lipinski definition) is 1. The molecule has 0 radical (unpaired) electrons. The molecule has 1 saturated carbocycles. The molecular formula is C12H15Cl2NOS. The first kappa shape index (κ1) is 13.2. The first-order valence-corrected chi connectivity index (χ1v) is 7.47. The molecule has 1 aliphatic carbocycles. The van der Waals surface area contributed by atoms with Gasteiger partial charge in [-0.3, -0.25) is 4.79 Å². The van der Waals surface area contributed by atoms with Crippen LogP contribution < -0.4 is 5.32 Å². The molecule has 0 saturated heterocycles. The molecule has 0 spiro atoms. The van der Waals surface area contributed by atoms with E-state index in [0.29, 0.717) is 21.7 Å². The summed E-state index contributed by atoms with van der Waals surface area (Å²) in [5, 5.41) is 3.15. The largest absolute Gasteiger partial charge is 0.351 e. The van der Waals surface area contributed by atoms with E-state index in [1.165, 1.54) is 24.2 Å². The van der Waals surface area contributed by atoms with Crippen molar-refractivity contribution in [3.05, 3.63) is 21.3 Å². The van der Waals surface area contributed by atoms with Gasteiger partial charge in [-0.25, -0.2) is 0 Å². The van der Waals surface area contributed by atoms with Crippen molar-refractivity contribution >= 4 is 40.4 Å². The lowest BCUT2D eigenvalue weighted by molar-refractivity contribution is 0.0948. The van der Waals surface area contributed by atoms with E-state index in [1.807, 2.05) is 0 Å². The van der Waals surface area contributed by atoms with Gasteiger partial charge >= 0.3 is 0 Å². The number of carbonyl (C=O) groups is 1. The predicted octanol–water partition coefficient (Wildman–Crippen LogP) is 3.93.